The average molecular weight is 446 g/mol. The van der Waals surface area contributed by atoms with Crippen LogP contribution in [0.4, 0.5) is 20.2 Å². The Balaban J connectivity index is 1.84. The van der Waals surface area contributed by atoms with Crippen molar-refractivity contribution in [3.63, 3.8) is 0 Å². The molecule has 0 aliphatic carbocycles. The number of aryl methyl sites for hydroxylation is 1. The highest BCUT2D eigenvalue weighted by Gasteiger charge is 2.19. The minimum Gasteiger partial charge on any atom is -0.494 e. The fraction of sp³-hybridized carbons (Fsp3) is 0.136. The molecule has 9 heteroatoms. The Morgan fingerprint density at radius 3 is 2.32 bits per heavy atom. The van der Waals surface area contributed by atoms with Gasteiger partial charge >= 0.3 is 0 Å². The van der Waals surface area contributed by atoms with Crippen molar-refractivity contribution in [1.82, 2.24) is 0 Å². The minimum absolute atomic E-state index is 0.0705. The number of amides is 1. The highest BCUT2D eigenvalue weighted by atomic mass is 32.2. The van der Waals surface area contributed by atoms with Crippen molar-refractivity contribution in [1.29, 1.82) is 0 Å². The summed E-state index contributed by atoms with van der Waals surface area (Å²) in [5.74, 6) is -1.95. The second-order valence-electron chi connectivity index (χ2n) is 6.62. The zero-order chi connectivity index (χ0) is 22.6. The van der Waals surface area contributed by atoms with Gasteiger partial charge in [-0.25, -0.2) is 17.2 Å². The predicted molar refractivity (Wildman–Crippen MR) is 114 cm³/mol. The predicted octanol–water partition coefficient (Wildman–Crippen LogP) is 4.73. The van der Waals surface area contributed by atoms with E-state index >= 15 is 0 Å². The molecule has 0 radical (unpaired) electrons. The van der Waals surface area contributed by atoms with E-state index in [4.69, 9.17) is 4.74 Å². The van der Waals surface area contributed by atoms with E-state index in [0.29, 0.717) is 23.6 Å². The van der Waals surface area contributed by atoms with E-state index in [1.807, 2.05) is 6.92 Å². The molecule has 0 saturated carbocycles. The minimum atomic E-state index is -3.98. The molecule has 2 N–H and O–H groups in total. The molecule has 1 amide bonds. The third kappa shape index (κ3) is 5.37. The fourth-order valence-electron chi connectivity index (χ4n) is 2.83. The van der Waals surface area contributed by atoms with Gasteiger partial charge in [-0.15, -0.1) is 0 Å². The number of nitrogens with one attached hydrogen (secondary N) is 2. The van der Waals surface area contributed by atoms with Gasteiger partial charge in [-0.05, 0) is 74.0 Å². The molecule has 162 valence electrons. The molecule has 0 aromatic heterocycles. The number of hydrogen-bond donors (Lipinski definition) is 2. The SMILES string of the molecule is CCOc1ccc(NS(=O)(=O)c2cc(NC(=O)c3cc(F)ccc3F)ccc2C)cc1. The van der Waals surface area contributed by atoms with Gasteiger partial charge in [0.2, 0.25) is 0 Å². The quantitative estimate of drug-likeness (QED) is 0.550. The normalized spacial score (nSPS) is 11.1. The first kappa shape index (κ1) is 22.2. The van der Waals surface area contributed by atoms with Crippen LogP contribution in [-0.4, -0.2) is 20.9 Å². The summed E-state index contributed by atoms with van der Waals surface area (Å²) in [4.78, 5) is 12.2. The van der Waals surface area contributed by atoms with Gasteiger partial charge in [0.15, 0.2) is 0 Å². The van der Waals surface area contributed by atoms with Crippen molar-refractivity contribution in [2.45, 2.75) is 18.7 Å². The Labute approximate surface area is 178 Å². The van der Waals surface area contributed by atoms with Gasteiger partial charge in [0, 0.05) is 11.4 Å². The highest BCUT2D eigenvalue weighted by Crippen LogP contribution is 2.25. The lowest BCUT2D eigenvalue weighted by molar-refractivity contribution is 0.102. The van der Waals surface area contributed by atoms with Crippen LogP contribution in [-0.2, 0) is 10.0 Å². The summed E-state index contributed by atoms with van der Waals surface area (Å²) in [6.07, 6.45) is 0. The highest BCUT2D eigenvalue weighted by molar-refractivity contribution is 7.92. The second kappa shape index (κ2) is 9.13. The van der Waals surface area contributed by atoms with E-state index in [2.05, 4.69) is 10.0 Å². The number of carbonyl (C=O) groups is 1. The molecular formula is C22H20F2N2O4S. The van der Waals surface area contributed by atoms with E-state index in [1.54, 1.807) is 31.2 Å². The summed E-state index contributed by atoms with van der Waals surface area (Å²) in [5, 5.41) is 2.40. The maximum absolute atomic E-state index is 13.8. The monoisotopic (exact) mass is 446 g/mol. The molecule has 0 unspecified atom stereocenters. The zero-order valence-electron chi connectivity index (χ0n) is 16.8. The summed E-state index contributed by atoms with van der Waals surface area (Å²) in [6, 6.07) is 13.1. The van der Waals surface area contributed by atoms with E-state index < -0.39 is 33.1 Å². The molecule has 3 aromatic rings. The molecule has 0 spiro atoms. The molecule has 0 saturated heterocycles. The molecule has 3 rings (SSSR count). The summed E-state index contributed by atoms with van der Waals surface area (Å²) in [7, 11) is -3.98. The second-order valence-corrected chi connectivity index (χ2v) is 8.27. The lowest BCUT2D eigenvalue weighted by Gasteiger charge is -2.13. The van der Waals surface area contributed by atoms with Crippen molar-refractivity contribution in [2.75, 3.05) is 16.6 Å². The fourth-order valence-corrected chi connectivity index (χ4v) is 4.16. The van der Waals surface area contributed by atoms with Crippen LogP contribution in [0, 0.1) is 18.6 Å². The van der Waals surface area contributed by atoms with Gasteiger partial charge in [-0.2, -0.15) is 0 Å². The first-order chi connectivity index (χ1) is 14.7. The van der Waals surface area contributed by atoms with E-state index in [0.717, 1.165) is 18.2 Å². The number of sulfonamides is 1. The largest absolute Gasteiger partial charge is 0.494 e. The van der Waals surface area contributed by atoms with Gasteiger partial charge in [0.05, 0.1) is 17.1 Å². The van der Waals surface area contributed by atoms with Crippen LogP contribution in [0.3, 0.4) is 0 Å². The Kier molecular flexibility index (Phi) is 6.55. The van der Waals surface area contributed by atoms with Crippen LogP contribution in [0.5, 0.6) is 5.75 Å². The number of halogens is 2. The van der Waals surface area contributed by atoms with Crippen molar-refractivity contribution in [3.8, 4) is 5.75 Å². The molecule has 3 aromatic carbocycles. The van der Waals surface area contributed by atoms with Crippen molar-refractivity contribution in [3.05, 3.63) is 83.4 Å². The molecule has 0 aliphatic heterocycles. The van der Waals surface area contributed by atoms with Crippen LogP contribution in [0.2, 0.25) is 0 Å². The van der Waals surface area contributed by atoms with Crippen LogP contribution >= 0.6 is 0 Å². The summed E-state index contributed by atoms with van der Waals surface area (Å²) < 4.78 is 60.7. The van der Waals surface area contributed by atoms with E-state index in [9.17, 15) is 22.0 Å². The maximum atomic E-state index is 13.8. The number of ether oxygens (including phenoxy) is 1. The molecule has 31 heavy (non-hydrogen) atoms. The molecule has 0 fully saturated rings. The van der Waals surface area contributed by atoms with Gasteiger partial charge in [-0.1, -0.05) is 6.07 Å². The number of benzene rings is 3. The lowest BCUT2D eigenvalue weighted by atomic mass is 10.1. The lowest BCUT2D eigenvalue weighted by Crippen LogP contribution is -2.17. The first-order valence-corrected chi connectivity index (χ1v) is 10.8. The van der Waals surface area contributed by atoms with Crippen molar-refractivity contribution in [2.24, 2.45) is 0 Å². The molecule has 0 atom stereocenters. The van der Waals surface area contributed by atoms with Crippen molar-refractivity contribution < 1.29 is 26.7 Å². The van der Waals surface area contributed by atoms with Crippen molar-refractivity contribution >= 4 is 27.3 Å². The van der Waals surface area contributed by atoms with Gasteiger partial charge in [0.1, 0.15) is 17.4 Å². The van der Waals surface area contributed by atoms with Crippen LogP contribution in [0.1, 0.15) is 22.8 Å². The van der Waals surface area contributed by atoms with E-state index in [1.165, 1.54) is 18.2 Å². The number of hydrogen-bond acceptors (Lipinski definition) is 4. The smallest absolute Gasteiger partial charge is 0.262 e. The first-order valence-electron chi connectivity index (χ1n) is 9.32. The summed E-state index contributed by atoms with van der Waals surface area (Å²) in [5.41, 5.74) is 0.399. The molecule has 6 nitrogen and oxygen atoms in total. The Morgan fingerprint density at radius 2 is 1.65 bits per heavy atom. The molecule has 0 aliphatic rings. The third-order valence-corrected chi connectivity index (χ3v) is 5.85. The van der Waals surface area contributed by atoms with E-state index in [-0.39, 0.29) is 10.6 Å². The van der Waals surface area contributed by atoms with Crippen LogP contribution in [0.25, 0.3) is 0 Å². The summed E-state index contributed by atoms with van der Waals surface area (Å²) >= 11 is 0. The third-order valence-electron chi connectivity index (χ3n) is 4.33. The molecule has 0 bridgehead atoms. The average Bonchev–Trinajstić information content (AvgIpc) is 2.72. The summed E-state index contributed by atoms with van der Waals surface area (Å²) in [6.45, 7) is 3.93. The molecular weight excluding hydrogens is 426 g/mol. The number of anilines is 2. The topological polar surface area (TPSA) is 84.5 Å². The number of rotatable bonds is 7. The Bertz CT molecular complexity index is 1210. The van der Waals surface area contributed by atoms with Gasteiger partial charge < -0.3 is 10.1 Å². The van der Waals surface area contributed by atoms with Crippen LogP contribution < -0.4 is 14.8 Å². The Hall–Kier alpha value is -3.46. The standard InChI is InChI=1S/C22H20F2N2O4S/c1-3-30-18-9-7-16(8-10-18)26-31(28,29)21-13-17(6-4-14(21)2)25-22(27)19-12-15(23)5-11-20(19)24/h4-13,26H,3H2,1-2H3,(H,25,27). The van der Waals surface area contributed by atoms with Gasteiger partial charge in [-0.3, -0.25) is 9.52 Å². The van der Waals surface area contributed by atoms with Crippen LogP contribution in [0.15, 0.2) is 65.6 Å². The maximum Gasteiger partial charge on any atom is 0.262 e. The Morgan fingerprint density at radius 1 is 0.968 bits per heavy atom. The molecule has 0 heterocycles. The van der Waals surface area contributed by atoms with Gasteiger partial charge in [0.25, 0.3) is 15.9 Å². The number of carbonyl (C=O) groups excluding carboxylic acids is 1. The zero-order valence-corrected chi connectivity index (χ0v) is 17.6.